The lowest BCUT2D eigenvalue weighted by Crippen LogP contribution is -2.67. The molecule has 2 rings (SSSR count). The Bertz CT molecular complexity index is 1010. The van der Waals surface area contributed by atoms with E-state index in [4.69, 9.17) is 5.73 Å². The predicted molar refractivity (Wildman–Crippen MR) is 182 cm³/mol. The van der Waals surface area contributed by atoms with Crippen LogP contribution in [-0.2, 0) is 24.0 Å². The molecule has 1 saturated carbocycles. The zero-order chi connectivity index (χ0) is 35.0. The first-order valence-electron chi connectivity index (χ1n) is 17.9. The Morgan fingerprint density at radius 2 is 1.68 bits per heavy atom. The number of carbonyl (C=O) groups is 5. The second kappa shape index (κ2) is 20.7. The van der Waals surface area contributed by atoms with Gasteiger partial charge in [-0.3, -0.25) is 24.1 Å². The highest BCUT2D eigenvalue weighted by molar-refractivity contribution is 5.94. The summed E-state index contributed by atoms with van der Waals surface area (Å²) in [4.78, 5) is 71.4. The van der Waals surface area contributed by atoms with Crippen LogP contribution in [0.4, 0.5) is 0 Å². The summed E-state index contributed by atoms with van der Waals surface area (Å²) in [6.45, 7) is 8.23. The Labute approximate surface area is 281 Å². The lowest BCUT2D eigenvalue weighted by atomic mass is 9.83. The quantitative estimate of drug-likeness (QED) is 0.130. The van der Waals surface area contributed by atoms with Gasteiger partial charge in [0.05, 0.1) is 12.1 Å². The van der Waals surface area contributed by atoms with Gasteiger partial charge >= 0.3 is 0 Å². The number of aliphatic hydroxyl groups excluding tert-OH is 1. The lowest BCUT2D eigenvalue weighted by molar-refractivity contribution is -0.144. The summed E-state index contributed by atoms with van der Waals surface area (Å²) < 4.78 is 0. The summed E-state index contributed by atoms with van der Waals surface area (Å²) in [7, 11) is 1.65. The first-order chi connectivity index (χ1) is 22.4. The molecular weight excluding hydrogens is 602 g/mol. The largest absolute Gasteiger partial charge is 0.391 e. The molecule has 47 heavy (non-hydrogen) atoms. The van der Waals surface area contributed by atoms with Gasteiger partial charge in [-0.2, -0.15) is 0 Å². The van der Waals surface area contributed by atoms with Gasteiger partial charge < -0.3 is 41.8 Å². The zero-order valence-electron chi connectivity index (χ0n) is 29.5. The van der Waals surface area contributed by atoms with Crippen LogP contribution < -0.4 is 27.0 Å². The van der Waals surface area contributed by atoms with E-state index in [-0.39, 0.29) is 31.5 Å². The molecule has 4 amide bonds. The Kier molecular flexibility index (Phi) is 17.9. The molecule has 0 aromatic rings. The fraction of sp³-hybridized carbons (Fsp3) is 0.853. The molecule has 2 fully saturated rings. The number of rotatable bonds is 12. The fourth-order valence-corrected chi connectivity index (χ4v) is 6.67. The van der Waals surface area contributed by atoms with Gasteiger partial charge in [-0.25, -0.2) is 0 Å². The highest BCUT2D eigenvalue weighted by Crippen LogP contribution is 2.27. The van der Waals surface area contributed by atoms with Crippen LogP contribution in [0.1, 0.15) is 105 Å². The predicted octanol–water partition coefficient (Wildman–Crippen LogP) is 0.821. The average molecular weight is 666 g/mol. The summed E-state index contributed by atoms with van der Waals surface area (Å²) in [5, 5.41) is 22.1. The maximum Gasteiger partial charge on any atom is 0.243 e. The average Bonchev–Trinajstić information content (AvgIpc) is 3.06. The molecule has 1 heterocycles. The maximum atomic E-state index is 14.1. The number of aliphatic hydroxyl groups is 1. The molecule has 0 aromatic heterocycles. The molecule has 13 heteroatoms. The number of aldehydes is 1. The molecule has 1 aliphatic heterocycles. The minimum Gasteiger partial charge on any atom is -0.391 e. The number of amides is 4. The molecule has 0 bridgehead atoms. The minimum absolute atomic E-state index is 0.158. The van der Waals surface area contributed by atoms with E-state index in [0.717, 1.165) is 64.2 Å². The van der Waals surface area contributed by atoms with Crippen molar-refractivity contribution in [2.75, 3.05) is 39.8 Å². The van der Waals surface area contributed by atoms with Gasteiger partial charge in [-0.1, -0.05) is 65.2 Å². The van der Waals surface area contributed by atoms with E-state index in [9.17, 15) is 29.1 Å². The second-order valence-corrected chi connectivity index (χ2v) is 13.6. The second-order valence-electron chi connectivity index (χ2n) is 13.6. The molecule has 1 aliphatic carbocycles. The standard InChI is InChI=1S/C34H63N7O6/c1-6-8-10-14-19-41-20-18-36-31(45)28(25(4)43)37-22-34(21-35,23-42)39-32(46)29(26-15-12-11-13-16-26)38-30(44)27(17-9-7-2)40(5)33(47)24(41)3/h23-29,37,43H,6-22,35H2,1-5H3,(H,36,45)(H,38,44)(H,39,46)/t24-,25-,27-,28-,29-,34+/m0/s1. The third kappa shape index (κ3) is 12.1. The number of unbranched alkanes of at least 4 members (excludes halogenated alkanes) is 4. The third-order valence-corrected chi connectivity index (χ3v) is 9.92. The van der Waals surface area contributed by atoms with E-state index < -0.39 is 53.5 Å². The zero-order valence-corrected chi connectivity index (χ0v) is 29.5. The van der Waals surface area contributed by atoms with Crippen LogP contribution in [0.3, 0.4) is 0 Å². The SMILES string of the molecule is CCCCCCN1CCNC(=O)[C@H]([C@H](C)O)NC[C@@](C=O)(CN)NC(=O)[C@H](C2CCCCC2)NC(=O)[C@H](CCCC)N(C)C(=O)[C@@H]1C. The van der Waals surface area contributed by atoms with Crippen LogP contribution in [0, 0.1) is 5.92 Å². The lowest BCUT2D eigenvalue weighted by Gasteiger charge is -2.38. The smallest absolute Gasteiger partial charge is 0.243 e. The number of carbonyl (C=O) groups excluding carboxylic acids is 5. The normalized spacial score (nSPS) is 29.3. The Hall–Kier alpha value is -2.61. The van der Waals surface area contributed by atoms with Gasteiger partial charge in [-0.05, 0) is 52.0 Å². The summed E-state index contributed by atoms with van der Waals surface area (Å²) in [5.41, 5.74) is 4.46. The summed E-state index contributed by atoms with van der Waals surface area (Å²) in [6, 6.07) is -3.38. The molecular formula is C34H63N7O6. The Morgan fingerprint density at radius 3 is 2.28 bits per heavy atom. The van der Waals surface area contributed by atoms with Gasteiger partial charge in [0, 0.05) is 33.2 Å². The molecule has 0 spiro atoms. The number of nitrogens with one attached hydrogen (secondary N) is 4. The molecule has 1 saturated heterocycles. The number of hydrogen-bond donors (Lipinski definition) is 6. The first-order valence-corrected chi connectivity index (χ1v) is 17.9. The van der Waals surface area contributed by atoms with E-state index in [1.165, 1.54) is 11.8 Å². The molecule has 6 atom stereocenters. The number of hydrogen-bond acceptors (Lipinski definition) is 9. The van der Waals surface area contributed by atoms with Crippen molar-refractivity contribution >= 4 is 29.9 Å². The molecule has 7 N–H and O–H groups in total. The monoisotopic (exact) mass is 665 g/mol. The van der Waals surface area contributed by atoms with E-state index in [1.54, 1.807) is 7.05 Å². The number of nitrogens with zero attached hydrogens (tertiary/aromatic N) is 2. The Morgan fingerprint density at radius 1 is 1.00 bits per heavy atom. The minimum atomic E-state index is -1.59. The van der Waals surface area contributed by atoms with E-state index in [1.807, 2.05) is 18.7 Å². The van der Waals surface area contributed by atoms with Crippen LogP contribution in [0.2, 0.25) is 0 Å². The third-order valence-electron chi connectivity index (χ3n) is 9.92. The van der Waals surface area contributed by atoms with E-state index in [0.29, 0.717) is 32.2 Å². The molecule has 13 nitrogen and oxygen atoms in total. The topological polar surface area (TPSA) is 186 Å². The van der Waals surface area contributed by atoms with Crippen LogP contribution in [0.25, 0.3) is 0 Å². The van der Waals surface area contributed by atoms with Crippen molar-refractivity contribution in [3.63, 3.8) is 0 Å². The highest BCUT2D eigenvalue weighted by Gasteiger charge is 2.40. The van der Waals surface area contributed by atoms with E-state index >= 15 is 0 Å². The van der Waals surface area contributed by atoms with Crippen molar-refractivity contribution in [2.45, 2.75) is 141 Å². The van der Waals surface area contributed by atoms with Crippen molar-refractivity contribution < 1.29 is 29.1 Å². The van der Waals surface area contributed by atoms with Gasteiger partial charge in [0.1, 0.15) is 30.0 Å². The van der Waals surface area contributed by atoms with Crippen LogP contribution in [-0.4, -0.2) is 120 Å². The summed E-state index contributed by atoms with van der Waals surface area (Å²) in [5.74, 6) is -1.78. The molecule has 270 valence electrons. The Balaban J connectivity index is 2.55. The van der Waals surface area contributed by atoms with Crippen molar-refractivity contribution in [2.24, 2.45) is 11.7 Å². The van der Waals surface area contributed by atoms with Gasteiger partial charge in [0.25, 0.3) is 0 Å². The number of likely N-dealkylation sites (N-methyl/N-ethyl adjacent to an activating group) is 1. The summed E-state index contributed by atoms with van der Waals surface area (Å²) in [6.07, 6.45) is 9.78. The summed E-state index contributed by atoms with van der Waals surface area (Å²) >= 11 is 0. The molecule has 0 radical (unpaired) electrons. The van der Waals surface area contributed by atoms with Gasteiger partial charge in [0.2, 0.25) is 23.6 Å². The maximum absolute atomic E-state index is 14.1. The van der Waals surface area contributed by atoms with Crippen molar-refractivity contribution in [3.05, 3.63) is 0 Å². The number of nitrogens with two attached hydrogens (primary N) is 1. The first kappa shape index (κ1) is 40.6. The van der Waals surface area contributed by atoms with Gasteiger partial charge in [0.15, 0.2) is 0 Å². The van der Waals surface area contributed by atoms with Crippen molar-refractivity contribution in [1.29, 1.82) is 0 Å². The van der Waals surface area contributed by atoms with Crippen LogP contribution in [0.15, 0.2) is 0 Å². The van der Waals surface area contributed by atoms with Crippen LogP contribution >= 0.6 is 0 Å². The fourth-order valence-electron chi connectivity index (χ4n) is 6.67. The van der Waals surface area contributed by atoms with Crippen molar-refractivity contribution in [3.8, 4) is 0 Å². The van der Waals surface area contributed by atoms with Crippen molar-refractivity contribution in [1.82, 2.24) is 31.1 Å². The molecule has 0 unspecified atom stereocenters. The van der Waals surface area contributed by atoms with Crippen LogP contribution in [0.5, 0.6) is 0 Å². The molecule has 0 aromatic carbocycles. The highest BCUT2D eigenvalue weighted by atomic mass is 16.3. The van der Waals surface area contributed by atoms with Gasteiger partial charge in [-0.15, -0.1) is 0 Å². The molecule has 2 aliphatic rings. The van der Waals surface area contributed by atoms with E-state index in [2.05, 4.69) is 28.2 Å².